The Morgan fingerprint density at radius 2 is 2.26 bits per heavy atom. The Morgan fingerprint density at radius 3 is 3.17 bits per heavy atom. The summed E-state index contributed by atoms with van der Waals surface area (Å²) in [6.45, 7) is 1.16. The molecule has 23 heavy (non-hydrogen) atoms. The lowest BCUT2D eigenvalue weighted by Gasteiger charge is -2.56. The maximum absolute atomic E-state index is 5.99. The largest absolute Gasteiger partial charge is 0.431 e. The normalized spacial score (nSPS) is 32.0. The van der Waals surface area contributed by atoms with E-state index in [1.807, 2.05) is 5.38 Å². The molecule has 3 nitrogen and oxygen atoms in total. The fraction of sp³-hybridized carbons (Fsp3) is 0.526. The van der Waals surface area contributed by atoms with E-state index in [0.29, 0.717) is 11.5 Å². The summed E-state index contributed by atoms with van der Waals surface area (Å²) >= 11 is 1.55. The highest BCUT2D eigenvalue weighted by atomic mass is 32.1. The number of benzene rings is 1. The minimum atomic E-state index is 0.393. The Morgan fingerprint density at radius 1 is 1.26 bits per heavy atom. The average Bonchev–Trinajstić information content (AvgIpc) is 3.08. The van der Waals surface area contributed by atoms with Gasteiger partial charge in [-0.1, -0.05) is 30.2 Å². The fourth-order valence-corrected chi connectivity index (χ4v) is 5.83. The van der Waals surface area contributed by atoms with Crippen molar-refractivity contribution in [3.8, 4) is 10.9 Å². The van der Waals surface area contributed by atoms with Gasteiger partial charge in [0.05, 0.1) is 0 Å². The number of piperidine rings is 1. The van der Waals surface area contributed by atoms with Crippen molar-refractivity contribution in [2.75, 3.05) is 6.54 Å². The van der Waals surface area contributed by atoms with Crippen molar-refractivity contribution in [3.63, 3.8) is 0 Å². The molecule has 2 aliphatic carbocycles. The number of fused-ring (bicyclic) bond motifs is 1. The Hall–Kier alpha value is -1.39. The highest BCUT2D eigenvalue weighted by molar-refractivity contribution is 7.11. The quantitative estimate of drug-likeness (QED) is 0.894. The summed E-state index contributed by atoms with van der Waals surface area (Å²) in [5, 5.41) is 6.49. The lowest BCUT2D eigenvalue weighted by Crippen LogP contribution is -2.59. The van der Waals surface area contributed by atoms with Crippen molar-refractivity contribution in [3.05, 3.63) is 40.9 Å². The van der Waals surface area contributed by atoms with E-state index >= 15 is 0 Å². The van der Waals surface area contributed by atoms with Crippen LogP contribution in [0.5, 0.6) is 10.9 Å². The Kier molecular flexibility index (Phi) is 3.24. The first-order valence-corrected chi connectivity index (χ1v) is 9.67. The maximum atomic E-state index is 5.99. The summed E-state index contributed by atoms with van der Waals surface area (Å²) in [6, 6.07) is 7.43. The molecule has 2 bridgehead atoms. The molecule has 1 saturated carbocycles. The Labute approximate surface area is 141 Å². The van der Waals surface area contributed by atoms with Crippen molar-refractivity contribution >= 4 is 11.3 Å². The first kappa shape index (κ1) is 14.0. The molecule has 1 saturated heterocycles. The van der Waals surface area contributed by atoms with Gasteiger partial charge in [-0.2, -0.15) is 0 Å². The molecule has 1 aromatic carbocycles. The van der Waals surface area contributed by atoms with E-state index in [1.54, 1.807) is 23.1 Å². The van der Waals surface area contributed by atoms with Crippen LogP contribution in [0, 0.1) is 5.92 Å². The second-order valence-electron chi connectivity index (χ2n) is 7.24. The van der Waals surface area contributed by atoms with Gasteiger partial charge < -0.3 is 10.1 Å². The van der Waals surface area contributed by atoms with Crippen LogP contribution in [0.3, 0.4) is 0 Å². The van der Waals surface area contributed by atoms with Crippen LogP contribution >= 0.6 is 11.3 Å². The zero-order valence-corrected chi connectivity index (χ0v) is 14.1. The molecular weight excluding hydrogens is 304 g/mol. The van der Waals surface area contributed by atoms with Crippen LogP contribution in [0.25, 0.3) is 0 Å². The number of ether oxygens (including phenoxy) is 1. The molecule has 1 aromatic heterocycles. The van der Waals surface area contributed by atoms with E-state index < -0.39 is 0 Å². The van der Waals surface area contributed by atoms with Gasteiger partial charge in [-0.25, -0.2) is 4.98 Å². The number of thiazole rings is 1. The minimum absolute atomic E-state index is 0.393. The monoisotopic (exact) mass is 326 g/mol. The number of nitrogens with one attached hydrogen (secondary N) is 1. The molecule has 0 spiro atoms. The predicted octanol–water partition coefficient (Wildman–Crippen LogP) is 4.28. The van der Waals surface area contributed by atoms with Crippen molar-refractivity contribution < 1.29 is 4.74 Å². The average molecular weight is 326 g/mol. The van der Waals surface area contributed by atoms with Crippen molar-refractivity contribution in [2.24, 2.45) is 5.92 Å². The molecule has 0 radical (unpaired) electrons. The number of nitrogens with zero attached hydrogens (tertiary/aromatic N) is 1. The van der Waals surface area contributed by atoms with Crippen LogP contribution < -0.4 is 10.1 Å². The first-order chi connectivity index (χ1) is 11.4. The van der Waals surface area contributed by atoms with Crippen molar-refractivity contribution in [2.45, 2.75) is 50.0 Å². The molecule has 2 fully saturated rings. The van der Waals surface area contributed by atoms with Crippen LogP contribution in [0.15, 0.2) is 29.8 Å². The summed E-state index contributed by atoms with van der Waals surface area (Å²) in [5.74, 6) is 1.77. The van der Waals surface area contributed by atoms with Gasteiger partial charge in [-0.15, -0.1) is 0 Å². The Bertz CT molecular complexity index is 710. The molecule has 1 aliphatic heterocycles. The van der Waals surface area contributed by atoms with Crippen LogP contribution in [-0.2, 0) is 11.8 Å². The summed E-state index contributed by atoms with van der Waals surface area (Å²) in [4.78, 5) is 4.25. The van der Waals surface area contributed by atoms with Crippen molar-refractivity contribution in [1.29, 1.82) is 0 Å². The van der Waals surface area contributed by atoms with E-state index in [0.717, 1.165) is 23.4 Å². The van der Waals surface area contributed by atoms with Crippen LogP contribution in [-0.4, -0.2) is 17.6 Å². The summed E-state index contributed by atoms with van der Waals surface area (Å²) < 4.78 is 5.99. The molecule has 0 amide bonds. The highest BCUT2D eigenvalue weighted by Gasteiger charge is 2.51. The SMILES string of the molecule is c1csc(Oc2ccc3c(c2)[C@@]24CCCC[C@H]2[C@@H](C3)NCC4)n1. The lowest BCUT2D eigenvalue weighted by atomic mass is 9.53. The zero-order valence-electron chi connectivity index (χ0n) is 13.3. The summed E-state index contributed by atoms with van der Waals surface area (Å²) in [7, 11) is 0. The minimum Gasteiger partial charge on any atom is -0.431 e. The molecule has 3 aliphatic rings. The third-order valence-electron chi connectivity index (χ3n) is 6.23. The Balaban J connectivity index is 1.58. The van der Waals surface area contributed by atoms with Gasteiger partial charge in [0.25, 0.3) is 5.19 Å². The highest BCUT2D eigenvalue weighted by Crippen LogP contribution is 2.54. The molecule has 120 valence electrons. The molecule has 5 rings (SSSR count). The molecule has 2 aromatic rings. The summed E-state index contributed by atoms with van der Waals surface area (Å²) in [5.41, 5.74) is 3.50. The van der Waals surface area contributed by atoms with E-state index in [1.165, 1.54) is 44.1 Å². The maximum Gasteiger partial charge on any atom is 0.278 e. The van der Waals surface area contributed by atoms with Gasteiger partial charge in [-0.05, 0) is 61.4 Å². The first-order valence-electron chi connectivity index (χ1n) is 8.79. The molecule has 4 heteroatoms. The van der Waals surface area contributed by atoms with Gasteiger partial charge in [0.15, 0.2) is 0 Å². The third-order valence-corrected chi connectivity index (χ3v) is 6.88. The zero-order chi connectivity index (χ0) is 15.3. The topological polar surface area (TPSA) is 34.1 Å². The predicted molar refractivity (Wildman–Crippen MR) is 92.4 cm³/mol. The molecular formula is C19H22N2OS. The molecule has 2 heterocycles. The van der Waals surface area contributed by atoms with E-state index in [9.17, 15) is 0 Å². The fourth-order valence-electron chi connectivity index (χ4n) is 5.33. The number of aromatic nitrogens is 1. The van der Waals surface area contributed by atoms with Gasteiger partial charge in [0.1, 0.15) is 5.75 Å². The number of hydrogen-bond acceptors (Lipinski definition) is 4. The number of rotatable bonds is 2. The standard InChI is InChI=1S/C19H22N2OS/c1-2-6-19-7-8-20-17(15(19)3-1)11-13-4-5-14(12-16(13)19)22-18-21-9-10-23-18/h4-5,9-10,12,15,17,20H,1-3,6-8,11H2/t15-,17+,19+/m0/s1. The third kappa shape index (κ3) is 2.15. The smallest absolute Gasteiger partial charge is 0.278 e. The van der Waals surface area contributed by atoms with Gasteiger partial charge in [0, 0.05) is 23.0 Å². The molecule has 1 N–H and O–H groups in total. The van der Waals surface area contributed by atoms with Crippen molar-refractivity contribution in [1.82, 2.24) is 10.3 Å². The second-order valence-corrected chi connectivity index (χ2v) is 8.10. The van der Waals surface area contributed by atoms with Gasteiger partial charge >= 0.3 is 0 Å². The van der Waals surface area contributed by atoms with Crippen LogP contribution in [0.1, 0.15) is 43.2 Å². The summed E-state index contributed by atoms with van der Waals surface area (Å²) in [6.07, 6.45) is 9.76. The molecule has 3 atom stereocenters. The number of hydrogen-bond donors (Lipinski definition) is 1. The lowest BCUT2D eigenvalue weighted by molar-refractivity contribution is 0.0796. The van der Waals surface area contributed by atoms with E-state index in [-0.39, 0.29) is 0 Å². The van der Waals surface area contributed by atoms with Gasteiger partial charge in [-0.3, -0.25) is 0 Å². The second kappa shape index (κ2) is 5.32. The molecule has 0 unspecified atom stereocenters. The van der Waals surface area contributed by atoms with Gasteiger partial charge in [0.2, 0.25) is 0 Å². The van der Waals surface area contributed by atoms with E-state index in [2.05, 4.69) is 28.5 Å². The van der Waals surface area contributed by atoms with E-state index in [4.69, 9.17) is 4.74 Å². The van der Waals surface area contributed by atoms with Crippen LogP contribution in [0.2, 0.25) is 0 Å². The van der Waals surface area contributed by atoms with Crippen LogP contribution in [0.4, 0.5) is 0 Å².